The van der Waals surface area contributed by atoms with Crippen molar-refractivity contribution in [2.45, 2.75) is 20.8 Å². The molecule has 0 fully saturated rings. The summed E-state index contributed by atoms with van der Waals surface area (Å²) >= 11 is -0.472. The van der Waals surface area contributed by atoms with Gasteiger partial charge in [-0.2, -0.15) is 34.9 Å². The van der Waals surface area contributed by atoms with E-state index in [1.807, 2.05) is 0 Å². The zero-order valence-corrected chi connectivity index (χ0v) is 11.0. The molecule has 0 bridgehead atoms. The Morgan fingerprint density at radius 3 is 1.67 bits per heavy atom. The Labute approximate surface area is 90.7 Å². The van der Waals surface area contributed by atoms with Crippen molar-refractivity contribution in [3.8, 4) is 0 Å². The molecule has 0 heterocycles. The maximum atomic E-state index is 4.88. The van der Waals surface area contributed by atoms with Crippen LogP contribution in [0.15, 0.2) is 12.1 Å². The van der Waals surface area contributed by atoms with Gasteiger partial charge >= 0.3 is 35.3 Å². The van der Waals surface area contributed by atoms with Gasteiger partial charge in [-0.1, -0.05) is 20.8 Å². The van der Waals surface area contributed by atoms with E-state index < -0.39 is 16.5 Å². The van der Waals surface area contributed by atoms with E-state index in [1.165, 1.54) is 16.7 Å². The molecule has 0 aliphatic rings. The van der Waals surface area contributed by atoms with E-state index in [0.29, 0.717) is 0 Å². The molecule has 0 N–H and O–H groups in total. The molecule has 0 aromatic heterocycles. The molecular weight excluding hydrogens is 374 g/mol. The molecule has 1 aromatic rings. The van der Waals surface area contributed by atoms with Gasteiger partial charge in [-0.25, -0.2) is 0 Å². The molecule has 0 unspecified atom stereocenters. The van der Waals surface area contributed by atoms with Crippen molar-refractivity contribution >= 4 is 18.8 Å². The van der Waals surface area contributed by atoms with E-state index >= 15 is 0 Å². The van der Waals surface area contributed by atoms with Crippen LogP contribution in [-0.2, 0) is 16.5 Å². The molecule has 0 saturated carbocycles. The molecule has 3 heteroatoms. The maximum absolute atomic E-state index is 4.88. The molecular formula is C9H11Cl2Pt-. The molecule has 0 aliphatic carbocycles. The van der Waals surface area contributed by atoms with Crippen molar-refractivity contribution < 1.29 is 16.5 Å². The van der Waals surface area contributed by atoms with Crippen LogP contribution < -0.4 is 0 Å². The molecule has 72 valence electrons. The molecule has 0 radical (unpaired) electrons. The summed E-state index contributed by atoms with van der Waals surface area (Å²) in [5.41, 5.74) is 3.78. The Kier molecular flexibility index (Phi) is 7.23. The first-order chi connectivity index (χ1) is 5.60. The van der Waals surface area contributed by atoms with Gasteiger partial charge in [-0.05, 0) is 0 Å². The molecule has 1 rings (SSSR count). The third kappa shape index (κ3) is 6.05. The van der Waals surface area contributed by atoms with Crippen molar-refractivity contribution in [2.75, 3.05) is 0 Å². The van der Waals surface area contributed by atoms with Crippen molar-refractivity contribution in [3.05, 3.63) is 34.9 Å². The summed E-state index contributed by atoms with van der Waals surface area (Å²) in [6.45, 7) is 6.24. The first-order valence-corrected chi connectivity index (χ1v) is 9.02. The first-order valence-electron chi connectivity index (χ1n) is 3.39. The minimum absolute atomic E-state index is 0.472. The molecule has 12 heavy (non-hydrogen) atoms. The zero-order chi connectivity index (χ0) is 9.56. The van der Waals surface area contributed by atoms with E-state index in [-0.39, 0.29) is 0 Å². The fourth-order valence-electron chi connectivity index (χ4n) is 1.11. The predicted octanol–water partition coefficient (Wildman–Crippen LogP) is 3.79. The Morgan fingerprint density at radius 2 is 1.42 bits per heavy atom. The first kappa shape index (κ1) is 12.5. The average molecular weight is 385 g/mol. The number of hydrogen-bond acceptors (Lipinski definition) is 0. The third-order valence-corrected chi connectivity index (χ3v) is 1.28. The summed E-state index contributed by atoms with van der Waals surface area (Å²) in [5, 5.41) is 0. The van der Waals surface area contributed by atoms with Crippen LogP contribution in [0.3, 0.4) is 0 Å². The van der Waals surface area contributed by atoms with Gasteiger partial charge in [-0.15, -0.1) is 0 Å². The third-order valence-electron chi connectivity index (χ3n) is 1.28. The zero-order valence-electron chi connectivity index (χ0n) is 7.23. The van der Waals surface area contributed by atoms with Gasteiger partial charge in [0.15, 0.2) is 0 Å². The van der Waals surface area contributed by atoms with Crippen molar-refractivity contribution in [2.24, 2.45) is 0 Å². The van der Waals surface area contributed by atoms with Crippen LogP contribution in [0.4, 0.5) is 0 Å². The standard InChI is InChI=1S/C9H11.2ClH.Pt/c1-7-4-8(2)6-9(3)5-7;;;/h4-5H,1-3H3;2*1H;/q-1;;;+2/p-2. The van der Waals surface area contributed by atoms with Crippen molar-refractivity contribution in [1.82, 2.24) is 0 Å². The second-order valence-electron chi connectivity index (χ2n) is 2.57. The SMILES string of the molecule is Cc1[c-]c(C)cc(C)c1.[Cl][Pt][Cl]. The molecule has 0 aliphatic heterocycles. The van der Waals surface area contributed by atoms with Gasteiger partial charge in [-0.3, -0.25) is 0 Å². The minimum atomic E-state index is -0.472. The molecule has 0 amide bonds. The van der Waals surface area contributed by atoms with Crippen LogP contribution in [0.25, 0.3) is 0 Å². The van der Waals surface area contributed by atoms with Crippen LogP contribution in [-0.4, -0.2) is 0 Å². The predicted molar refractivity (Wildman–Crippen MR) is 51.2 cm³/mol. The summed E-state index contributed by atoms with van der Waals surface area (Å²) in [7, 11) is 9.75. The number of hydrogen-bond donors (Lipinski definition) is 0. The molecule has 1 aromatic carbocycles. The molecule has 0 atom stereocenters. The fourth-order valence-corrected chi connectivity index (χ4v) is 1.11. The second kappa shape index (κ2) is 6.95. The summed E-state index contributed by atoms with van der Waals surface area (Å²) in [6.07, 6.45) is 0. The van der Waals surface area contributed by atoms with Crippen molar-refractivity contribution in [3.63, 3.8) is 0 Å². The van der Waals surface area contributed by atoms with E-state index in [4.69, 9.17) is 18.8 Å². The summed E-state index contributed by atoms with van der Waals surface area (Å²) in [6, 6.07) is 7.47. The van der Waals surface area contributed by atoms with Gasteiger partial charge in [0.1, 0.15) is 0 Å². The molecule has 0 nitrogen and oxygen atoms in total. The quantitative estimate of drug-likeness (QED) is 0.597. The van der Waals surface area contributed by atoms with Crippen LogP contribution in [0.5, 0.6) is 0 Å². The Hall–Kier alpha value is 0.488. The average Bonchev–Trinajstić information content (AvgIpc) is 1.84. The Balaban J connectivity index is 0.000000354. The Morgan fingerprint density at radius 1 is 1.08 bits per heavy atom. The topological polar surface area (TPSA) is 0 Å². The normalized spacial score (nSPS) is 9.08. The molecule has 0 spiro atoms. The number of rotatable bonds is 0. The van der Waals surface area contributed by atoms with E-state index in [2.05, 4.69) is 39.0 Å². The van der Waals surface area contributed by atoms with Crippen molar-refractivity contribution in [1.29, 1.82) is 0 Å². The summed E-state index contributed by atoms with van der Waals surface area (Å²) in [4.78, 5) is 0. The number of aryl methyl sites for hydroxylation is 3. The van der Waals surface area contributed by atoms with Gasteiger partial charge < -0.3 is 0 Å². The fraction of sp³-hybridized carbons (Fsp3) is 0.333. The van der Waals surface area contributed by atoms with Crippen LogP contribution in [0.1, 0.15) is 16.7 Å². The number of benzene rings is 1. The monoisotopic (exact) mass is 384 g/mol. The van der Waals surface area contributed by atoms with Gasteiger partial charge in [0.2, 0.25) is 0 Å². The van der Waals surface area contributed by atoms with E-state index in [0.717, 1.165) is 0 Å². The van der Waals surface area contributed by atoms with Crippen LogP contribution in [0.2, 0.25) is 0 Å². The Bertz CT molecular complexity index is 185. The van der Waals surface area contributed by atoms with E-state index in [9.17, 15) is 0 Å². The number of halogens is 2. The van der Waals surface area contributed by atoms with E-state index in [1.54, 1.807) is 0 Å². The van der Waals surface area contributed by atoms with Gasteiger partial charge in [0.25, 0.3) is 0 Å². The van der Waals surface area contributed by atoms with Gasteiger partial charge in [0.05, 0.1) is 0 Å². The summed E-state index contributed by atoms with van der Waals surface area (Å²) < 4.78 is 0. The van der Waals surface area contributed by atoms with Gasteiger partial charge in [0, 0.05) is 0 Å². The van der Waals surface area contributed by atoms with Crippen LogP contribution in [0, 0.1) is 26.8 Å². The molecule has 0 saturated heterocycles. The second-order valence-corrected chi connectivity index (χ2v) is 5.85. The summed E-state index contributed by atoms with van der Waals surface area (Å²) in [5.74, 6) is 0. The van der Waals surface area contributed by atoms with Crippen LogP contribution >= 0.6 is 18.8 Å².